The maximum absolute atomic E-state index is 10.2. The Labute approximate surface area is 81.4 Å². The van der Waals surface area contributed by atoms with E-state index in [-0.39, 0.29) is 0 Å². The number of carbonyl (C=O) groups excluding carboxylic acids is 1. The molecule has 2 heterocycles. The van der Waals surface area contributed by atoms with E-state index in [1.54, 1.807) is 6.20 Å². The van der Waals surface area contributed by atoms with Crippen LogP contribution in [0.2, 0.25) is 0 Å². The number of hydrogen-bond donors (Lipinski definition) is 1. The van der Waals surface area contributed by atoms with Gasteiger partial charge in [-0.05, 0) is 25.0 Å². The van der Waals surface area contributed by atoms with Crippen LogP contribution < -0.4 is 0 Å². The average molecular weight is 189 g/mol. The van der Waals surface area contributed by atoms with Crippen LogP contribution in [-0.2, 0) is 11.2 Å². The fourth-order valence-corrected chi connectivity index (χ4v) is 1.45. The summed E-state index contributed by atoms with van der Waals surface area (Å²) in [6.07, 6.45) is 4.93. The summed E-state index contributed by atoms with van der Waals surface area (Å²) < 4.78 is 0. The first-order valence-electron chi connectivity index (χ1n) is 4.63. The molecule has 2 aromatic heterocycles. The normalized spacial score (nSPS) is 10.6. The monoisotopic (exact) mass is 189 g/mol. The SMILES string of the molecule is O=CCCCc1n[nH]c2ncccc12. The lowest BCUT2D eigenvalue weighted by Crippen LogP contribution is -1.87. The molecule has 72 valence electrons. The molecular weight excluding hydrogens is 178 g/mol. The number of unbranched alkanes of at least 4 members (excludes halogenated alkanes) is 1. The molecule has 0 atom stereocenters. The number of hydrogen-bond acceptors (Lipinski definition) is 3. The molecule has 0 fully saturated rings. The van der Waals surface area contributed by atoms with E-state index in [1.807, 2.05) is 12.1 Å². The van der Waals surface area contributed by atoms with Crippen molar-refractivity contribution in [3.63, 3.8) is 0 Å². The van der Waals surface area contributed by atoms with E-state index >= 15 is 0 Å². The number of nitrogens with zero attached hydrogens (tertiary/aromatic N) is 2. The van der Waals surface area contributed by atoms with Gasteiger partial charge in [0.25, 0.3) is 0 Å². The Hall–Kier alpha value is -1.71. The first-order valence-corrected chi connectivity index (χ1v) is 4.63. The first kappa shape index (κ1) is 8.87. The van der Waals surface area contributed by atoms with Crippen LogP contribution in [0.15, 0.2) is 18.3 Å². The zero-order valence-corrected chi connectivity index (χ0v) is 7.73. The Morgan fingerprint density at radius 2 is 2.43 bits per heavy atom. The van der Waals surface area contributed by atoms with Crippen molar-refractivity contribution in [2.24, 2.45) is 0 Å². The third kappa shape index (κ3) is 1.64. The minimum atomic E-state index is 0.592. The lowest BCUT2D eigenvalue weighted by Gasteiger charge is -1.93. The summed E-state index contributed by atoms with van der Waals surface area (Å²) in [5, 5.41) is 8.08. The molecule has 0 bridgehead atoms. The number of aromatic amines is 1. The summed E-state index contributed by atoms with van der Waals surface area (Å²) in [5.74, 6) is 0. The Morgan fingerprint density at radius 1 is 1.50 bits per heavy atom. The Kier molecular flexibility index (Phi) is 2.53. The number of fused-ring (bicyclic) bond motifs is 1. The number of pyridine rings is 1. The summed E-state index contributed by atoms with van der Waals surface area (Å²) in [7, 11) is 0. The largest absolute Gasteiger partial charge is 0.303 e. The van der Waals surface area contributed by atoms with E-state index in [0.29, 0.717) is 6.42 Å². The molecule has 4 nitrogen and oxygen atoms in total. The molecular formula is C10H11N3O. The smallest absolute Gasteiger partial charge is 0.155 e. The topological polar surface area (TPSA) is 58.6 Å². The number of H-pyrrole nitrogens is 1. The van der Waals surface area contributed by atoms with E-state index in [4.69, 9.17) is 0 Å². The highest BCUT2D eigenvalue weighted by Crippen LogP contribution is 2.14. The average Bonchev–Trinajstić information content (AvgIpc) is 2.63. The molecule has 0 radical (unpaired) electrons. The fraction of sp³-hybridized carbons (Fsp3) is 0.300. The molecule has 4 heteroatoms. The van der Waals surface area contributed by atoms with Crippen molar-refractivity contribution in [1.29, 1.82) is 0 Å². The molecule has 0 saturated heterocycles. The quantitative estimate of drug-likeness (QED) is 0.585. The zero-order valence-electron chi connectivity index (χ0n) is 7.73. The van der Waals surface area contributed by atoms with Gasteiger partial charge >= 0.3 is 0 Å². The van der Waals surface area contributed by atoms with Crippen molar-refractivity contribution in [1.82, 2.24) is 15.2 Å². The molecule has 0 aliphatic carbocycles. The molecule has 1 N–H and O–H groups in total. The highest BCUT2D eigenvalue weighted by molar-refractivity contribution is 5.77. The number of aldehydes is 1. The maximum atomic E-state index is 10.2. The van der Waals surface area contributed by atoms with Crippen LogP contribution in [0, 0.1) is 0 Å². The predicted octanol–water partition coefficient (Wildman–Crippen LogP) is 1.48. The summed E-state index contributed by atoms with van der Waals surface area (Å²) in [6, 6.07) is 3.88. The second-order valence-electron chi connectivity index (χ2n) is 3.13. The molecule has 0 aromatic carbocycles. The molecule has 0 amide bonds. The van der Waals surface area contributed by atoms with E-state index < -0.39 is 0 Å². The summed E-state index contributed by atoms with van der Waals surface area (Å²) in [4.78, 5) is 14.3. The Balaban J connectivity index is 2.20. The molecule has 14 heavy (non-hydrogen) atoms. The Bertz CT molecular complexity index is 436. The van der Waals surface area contributed by atoms with Crippen molar-refractivity contribution >= 4 is 17.3 Å². The van der Waals surface area contributed by atoms with Crippen molar-refractivity contribution in [2.45, 2.75) is 19.3 Å². The van der Waals surface area contributed by atoms with Crippen molar-refractivity contribution in [3.8, 4) is 0 Å². The number of nitrogens with one attached hydrogen (secondary N) is 1. The third-order valence-electron chi connectivity index (χ3n) is 2.15. The minimum absolute atomic E-state index is 0.592. The summed E-state index contributed by atoms with van der Waals surface area (Å²) in [6.45, 7) is 0. The van der Waals surface area contributed by atoms with Crippen LogP contribution in [0.5, 0.6) is 0 Å². The third-order valence-corrected chi connectivity index (χ3v) is 2.15. The molecule has 0 spiro atoms. The molecule has 0 unspecified atom stereocenters. The van der Waals surface area contributed by atoms with E-state index in [0.717, 1.165) is 35.9 Å². The van der Waals surface area contributed by atoms with Crippen molar-refractivity contribution in [2.75, 3.05) is 0 Å². The van der Waals surface area contributed by atoms with Gasteiger partial charge in [-0.2, -0.15) is 5.10 Å². The van der Waals surface area contributed by atoms with Gasteiger partial charge in [-0.3, -0.25) is 5.10 Å². The first-order chi connectivity index (χ1) is 6.92. The second kappa shape index (κ2) is 4.00. The van der Waals surface area contributed by atoms with Gasteiger partial charge in [0.15, 0.2) is 5.65 Å². The van der Waals surface area contributed by atoms with Gasteiger partial charge in [-0.15, -0.1) is 0 Å². The molecule has 0 aliphatic heterocycles. The number of rotatable bonds is 4. The highest BCUT2D eigenvalue weighted by atomic mass is 16.1. The predicted molar refractivity (Wildman–Crippen MR) is 52.9 cm³/mol. The minimum Gasteiger partial charge on any atom is -0.303 e. The molecule has 2 rings (SSSR count). The van der Waals surface area contributed by atoms with E-state index in [2.05, 4.69) is 15.2 Å². The molecule has 0 aliphatic rings. The highest BCUT2D eigenvalue weighted by Gasteiger charge is 2.04. The zero-order chi connectivity index (χ0) is 9.80. The standard InChI is InChI=1S/C10H11N3O/c14-7-2-1-5-9-8-4-3-6-11-10(8)13-12-9/h3-4,6-7H,1-2,5H2,(H,11,12,13). The molecule has 0 saturated carbocycles. The summed E-state index contributed by atoms with van der Waals surface area (Å²) >= 11 is 0. The lowest BCUT2D eigenvalue weighted by atomic mass is 10.1. The van der Waals surface area contributed by atoms with Crippen LogP contribution in [0.1, 0.15) is 18.5 Å². The van der Waals surface area contributed by atoms with Crippen LogP contribution in [-0.4, -0.2) is 21.5 Å². The van der Waals surface area contributed by atoms with Crippen LogP contribution in [0.3, 0.4) is 0 Å². The second-order valence-corrected chi connectivity index (χ2v) is 3.13. The lowest BCUT2D eigenvalue weighted by molar-refractivity contribution is -0.107. The number of aromatic nitrogens is 3. The van der Waals surface area contributed by atoms with E-state index in [1.165, 1.54) is 0 Å². The summed E-state index contributed by atoms with van der Waals surface area (Å²) in [5.41, 5.74) is 1.81. The van der Waals surface area contributed by atoms with Gasteiger partial charge in [-0.1, -0.05) is 0 Å². The molecule has 2 aromatic rings. The van der Waals surface area contributed by atoms with Crippen LogP contribution in [0.25, 0.3) is 11.0 Å². The van der Waals surface area contributed by atoms with Gasteiger partial charge in [0.05, 0.1) is 5.69 Å². The number of aryl methyl sites for hydroxylation is 1. The van der Waals surface area contributed by atoms with Crippen LogP contribution >= 0.6 is 0 Å². The van der Waals surface area contributed by atoms with Crippen molar-refractivity contribution in [3.05, 3.63) is 24.0 Å². The van der Waals surface area contributed by atoms with Gasteiger partial charge in [0, 0.05) is 18.0 Å². The van der Waals surface area contributed by atoms with Gasteiger partial charge in [-0.25, -0.2) is 4.98 Å². The van der Waals surface area contributed by atoms with Gasteiger partial charge in [0.1, 0.15) is 6.29 Å². The van der Waals surface area contributed by atoms with Crippen LogP contribution in [0.4, 0.5) is 0 Å². The number of carbonyl (C=O) groups is 1. The maximum Gasteiger partial charge on any atom is 0.155 e. The van der Waals surface area contributed by atoms with E-state index in [9.17, 15) is 4.79 Å². The fourth-order valence-electron chi connectivity index (χ4n) is 1.45. The van der Waals surface area contributed by atoms with Crippen molar-refractivity contribution < 1.29 is 4.79 Å². The van der Waals surface area contributed by atoms with Gasteiger partial charge in [0.2, 0.25) is 0 Å². The van der Waals surface area contributed by atoms with Gasteiger partial charge < -0.3 is 4.79 Å². The Morgan fingerprint density at radius 3 is 3.29 bits per heavy atom.